The van der Waals surface area contributed by atoms with Crippen LogP contribution in [0.4, 0.5) is 0 Å². The Morgan fingerprint density at radius 2 is 1.08 bits per heavy atom. The summed E-state index contributed by atoms with van der Waals surface area (Å²) in [5.41, 5.74) is 0. The fraction of sp³-hybridized carbons (Fsp3) is 0.571. The van der Waals surface area contributed by atoms with Gasteiger partial charge in [-0.05, 0) is 0 Å². The lowest BCUT2D eigenvalue weighted by Gasteiger charge is -2.31. The highest BCUT2D eigenvalue weighted by Gasteiger charge is 2.63. The van der Waals surface area contributed by atoms with Gasteiger partial charge in [0, 0.05) is 0 Å². The number of carbonyl (C=O) groups excluding carboxylic acids is 2. The first-order valence-electron chi connectivity index (χ1n) is 7.26. The predicted octanol–water partition coefficient (Wildman–Crippen LogP) is 2.49. The zero-order valence-corrected chi connectivity index (χ0v) is 16.2. The van der Waals surface area contributed by atoms with E-state index in [0.717, 1.165) is 11.8 Å². The van der Waals surface area contributed by atoms with Crippen molar-refractivity contribution in [3.8, 4) is 0 Å². The first-order chi connectivity index (χ1) is 11.8. The molecule has 0 amide bonds. The monoisotopic (exact) mass is 446 g/mol. The summed E-state index contributed by atoms with van der Waals surface area (Å²) in [6, 6.07) is 0. The van der Waals surface area contributed by atoms with E-state index in [4.69, 9.17) is 65.4 Å². The van der Waals surface area contributed by atoms with E-state index in [0.29, 0.717) is 0 Å². The summed E-state index contributed by atoms with van der Waals surface area (Å²) in [7, 11) is 0. The Labute approximate surface area is 166 Å². The van der Waals surface area contributed by atoms with E-state index >= 15 is 0 Å². The summed E-state index contributed by atoms with van der Waals surface area (Å²) < 4.78 is 22.5. The number of thioether (sulfide) groups is 1. The van der Waals surface area contributed by atoms with Crippen LogP contribution in [0.1, 0.15) is 0 Å². The largest absolute Gasteiger partial charge is 0.341 e. The highest BCUT2D eigenvalue weighted by molar-refractivity contribution is 8.07. The molecule has 2 atom stereocenters. The Balaban J connectivity index is 1.78. The Bertz CT molecular complexity index is 663. The maximum atomic E-state index is 12.3. The van der Waals surface area contributed by atoms with Gasteiger partial charge in [-0.1, -0.05) is 35.0 Å². The van der Waals surface area contributed by atoms with Crippen LogP contribution in [-0.4, -0.2) is 60.3 Å². The maximum Gasteiger partial charge on any atom is 0.227 e. The molecule has 0 aromatic heterocycles. The van der Waals surface area contributed by atoms with Crippen molar-refractivity contribution in [2.75, 3.05) is 26.4 Å². The third kappa shape index (κ3) is 2.41. The van der Waals surface area contributed by atoms with Gasteiger partial charge in [-0.2, -0.15) is 0 Å². The van der Waals surface area contributed by atoms with E-state index in [1.807, 2.05) is 0 Å². The second kappa shape index (κ2) is 6.36. The van der Waals surface area contributed by atoms with Crippen LogP contribution < -0.4 is 0 Å². The van der Waals surface area contributed by atoms with E-state index in [2.05, 4.69) is 0 Å². The zero-order valence-electron chi connectivity index (χ0n) is 12.4. The van der Waals surface area contributed by atoms with E-state index < -0.39 is 33.9 Å². The van der Waals surface area contributed by atoms with Crippen LogP contribution in [0.2, 0.25) is 0 Å². The molecule has 136 valence electrons. The lowest BCUT2D eigenvalue weighted by Crippen LogP contribution is -2.42. The molecule has 6 nitrogen and oxygen atoms in total. The molecule has 0 radical (unpaired) electrons. The second-order valence-electron chi connectivity index (χ2n) is 5.57. The summed E-state index contributed by atoms with van der Waals surface area (Å²) >= 11 is 25.7. The number of Topliss-reactive ketones (excluding diaryl/α,β-unsaturated/α-hetero) is 2. The number of hydrogen-bond acceptors (Lipinski definition) is 7. The van der Waals surface area contributed by atoms with Crippen LogP contribution in [0, 0.1) is 0 Å². The van der Waals surface area contributed by atoms with Crippen molar-refractivity contribution >= 4 is 69.7 Å². The van der Waals surface area contributed by atoms with Gasteiger partial charge in [-0.3, -0.25) is 9.59 Å². The van der Waals surface area contributed by atoms with Gasteiger partial charge in [0.05, 0.1) is 36.2 Å². The molecule has 0 saturated carbocycles. The van der Waals surface area contributed by atoms with Crippen LogP contribution in [0.3, 0.4) is 0 Å². The third-order valence-electron chi connectivity index (χ3n) is 4.23. The number of allylic oxidation sites excluding steroid dienone is 2. The van der Waals surface area contributed by atoms with Crippen molar-refractivity contribution in [2.24, 2.45) is 0 Å². The molecule has 0 N–H and O–H groups in total. The SMILES string of the molecule is O=C1C(Cl)=C(SC2=C(Cl)C(=O)C(Cl)C23OCCO3)C2(OCCO2)C1Cl. The van der Waals surface area contributed by atoms with Crippen LogP contribution in [-0.2, 0) is 28.5 Å². The van der Waals surface area contributed by atoms with Crippen molar-refractivity contribution in [1.82, 2.24) is 0 Å². The molecule has 0 aromatic rings. The normalized spacial score (nSPS) is 33.8. The Morgan fingerprint density at radius 1 is 0.760 bits per heavy atom. The number of rotatable bonds is 2. The molecule has 4 rings (SSSR count). The molecule has 2 fully saturated rings. The minimum atomic E-state index is -1.52. The molecular formula is C14H10Cl4O6S. The van der Waals surface area contributed by atoms with Crippen LogP contribution in [0.25, 0.3) is 0 Å². The third-order valence-corrected chi connectivity index (χ3v) is 7.56. The predicted molar refractivity (Wildman–Crippen MR) is 91.9 cm³/mol. The highest BCUT2D eigenvalue weighted by Crippen LogP contribution is 2.57. The molecule has 2 spiro atoms. The summed E-state index contributed by atoms with van der Waals surface area (Å²) in [6.07, 6.45) is 0. The smallest absolute Gasteiger partial charge is 0.227 e. The number of ether oxygens (including phenoxy) is 4. The first-order valence-corrected chi connectivity index (χ1v) is 9.70. The zero-order chi connectivity index (χ0) is 18.0. The average molecular weight is 448 g/mol. The Kier molecular flexibility index (Phi) is 4.71. The van der Waals surface area contributed by atoms with Crippen LogP contribution >= 0.6 is 58.2 Å². The fourth-order valence-electron chi connectivity index (χ4n) is 3.07. The average Bonchev–Trinajstić information content (AvgIpc) is 3.34. The topological polar surface area (TPSA) is 71.1 Å². The Morgan fingerprint density at radius 3 is 1.40 bits per heavy atom. The molecule has 25 heavy (non-hydrogen) atoms. The van der Waals surface area contributed by atoms with Gasteiger partial charge in [-0.25, -0.2) is 0 Å². The molecule has 11 heteroatoms. The molecule has 2 heterocycles. The van der Waals surface area contributed by atoms with Gasteiger partial charge >= 0.3 is 0 Å². The van der Waals surface area contributed by atoms with E-state index in [1.54, 1.807) is 0 Å². The minimum Gasteiger partial charge on any atom is -0.341 e. The molecular weight excluding hydrogens is 438 g/mol. The van der Waals surface area contributed by atoms with Crippen molar-refractivity contribution in [3.05, 3.63) is 19.9 Å². The number of hydrogen-bond donors (Lipinski definition) is 0. The summed E-state index contributed by atoms with van der Waals surface area (Å²) in [5.74, 6) is -4.09. The summed E-state index contributed by atoms with van der Waals surface area (Å²) in [4.78, 5) is 25.0. The lowest BCUT2D eigenvalue weighted by atomic mass is 10.2. The molecule has 2 aliphatic carbocycles. The van der Waals surface area contributed by atoms with Crippen molar-refractivity contribution in [3.63, 3.8) is 0 Å². The number of ketones is 2. The molecule has 4 aliphatic rings. The van der Waals surface area contributed by atoms with Gasteiger partial charge in [0.15, 0.2) is 22.3 Å². The van der Waals surface area contributed by atoms with Gasteiger partial charge in [0.25, 0.3) is 0 Å². The number of alkyl halides is 2. The first kappa shape index (κ1) is 18.5. The summed E-state index contributed by atoms with van der Waals surface area (Å²) in [6.45, 7) is 0.971. The standard InChI is InChI=1S/C14H10Cl4O6S/c15-5-7(19)9(17)13(21-1-2-22-13)11(5)25-12-6(16)8(20)10(18)14(12)23-3-4-24-14/h9-10H,1-4H2. The van der Waals surface area contributed by atoms with E-state index in [1.165, 1.54) is 0 Å². The lowest BCUT2D eigenvalue weighted by molar-refractivity contribution is -0.134. The molecule has 0 aromatic carbocycles. The minimum absolute atomic E-state index is 0.137. The van der Waals surface area contributed by atoms with E-state index in [-0.39, 0.29) is 46.3 Å². The quantitative estimate of drug-likeness (QED) is 0.602. The van der Waals surface area contributed by atoms with Gasteiger partial charge in [0.1, 0.15) is 10.1 Å². The van der Waals surface area contributed by atoms with Crippen molar-refractivity contribution < 1.29 is 28.5 Å². The highest BCUT2D eigenvalue weighted by atomic mass is 35.5. The van der Waals surface area contributed by atoms with Crippen molar-refractivity contribution in [1.29, 1.82) is 0 Å². The second-order valence-corrected chi connectivity index (χ2v) is 8.22. The fourth-order valence-corrected chi connectivity index (χ4v) is 6.06. The number of halogens is 4. The van der Waals surface area contributed by atoms with Gasteiger partial charge in [-0.15, -0.1) is 23.2 Å². The van der Waals surface area contributed by atoms with Crippen molar-refractivity contribution in [2.45, 2.75) is 22.3 Å². The van der Waals surface area contributed by atoms with Crippen LogP contribution in [0.5, 0.6) is 0 Å². The van der Waals surface area contributed by atoms with Gasteiger partial charge < -0.3 is 18.9 Å². The molecule has 2 aliphatic heterocycles. The molecule has 2 unspecified atom stereocenters. The maximum absolute atomic E-state index is 12.3. The Hall–Kier alpha value is 0.170. The van der Waals surface area contributed by atoms with Gasteiger partial charge in [0.2, 0.25) is 11.6 Å². The molecule has 2 saturated heterocycles. The summed E-state index contributed by atoms with van der Waals surface area (Å²) in [5, 5.41) is -2.56. The van der Waals surface area contributed by atoms with Crippen LogP contribution in [0.15, 0.2) is 19.9 Å². The number of carbonyl (C=O) groups is 2. The van der Waals surface area contributed by atoms with E-state index in [9.17, 15) is 9.59 Å². The molecule has 0 bridgehead atoms.